The number of hydrogen-bond acceptors (Lipinski definition) is 5. The number of carbonyl (C=O) groups is 1. The van der Waals surface area contributed by atoms with Gasteiger partial charge in [0.15, 0.2) is 0 Å². The summed E-state index contributed by atoms with van der Waals surface area (Å²) in [6, 6.07) is -1.01. The minimum atomic E-state index is -1.29. The third kappa shape index (κ3) is 23.3. The summed E-state index contributed by atoms with van der Waals surface area (Å²) in [7, 11) is 0. The Kier molecular flexibility index (Phi) is 28.0. The van der Waals surface area contributed by atoms with Crippen LogP contribution in [0.15, 0.2) is 36.5 Å². The molecule has 6 nitrogen and oxygen atoms in total. The normalized spacial score (nSPS) is 15.2. The van der Waals surface area contributed by atoms with E-state index in [1.54, 1.807) is 0 Å². The number of carbonyl (C=O) groups excluding carboxylic acids is 1. The summed E-state index contributed by atoms with van der Waals surface area (Å²) in [5.41, 5.74) is 0. The lowest BCUT2D eigenvalue weighted by atomic mass is 10.00. The lowest BCUT2D eigenvalue weighted by molar-refractivity contribution is -0.132. The monoisotopic (exact) mass is 565 g/mol. The van der Waals surface area contributed by atoms with Crippen LogP contribution in [0.1, 0.15) is 142 Å². The molecule has 4 atom stereocenters. The van der Waals surface area contributed by atoms with Crippen LogP contribution >= 0.6 is 0 Å². The van der Waals surface area contributed by atoms with Crippen molar-refractivity contribution in [3.8, 4) is 0 Å². The number of amides is 1. The van der Waals surface area contributed by atoms with Crippen molar-refractivity contribution in [3.05, 3.63) is 36.5 Å². The maximum absolute atomic E-state index is 12.4. The van der Waals surface area contributed by atoms with E-state index < -0.39 is 36.9 Å². The molecule has 0 aliphatic carbocycles. The van der Waals surface area contributed by atoms with E-state index in [1.165, 1.54) is 57.8 Å². The molecule has 0 aliphatic rings. The number of aliphatic hydroxyl groups excluding tert-OH is 4. The molecule has 0 saturated heterocycles. The fourth-order valence-electron chi connectivity index (χ4n) is 4.71. The van der Waals surface area contributed by atoms with Crippen LogP contribution in [0.4, 0.5) is 0 Å². The lowest BCUT2D eigenvalue weighted by Gasteiger charge is -2.27. The van der Waals surface area contributed by atoms with Crippen LogP contribution in [0.2, 0.25) is 0 Å². The van der Waals surface area contributed by atoms with Gasteiger partial charge in [-0.2, -0.15) is 0 Å². The SMILES string of the molecule is C/C=C/CC/C=C/CCCC(O)C(O)C(CO)NC(=O)C(O)CCCCCCCC/C=C\CCCCCCCC. The van der Waals surface area contributed by atoms with E-state index in [9.17, 15) is 25.2 Å². The van der Waals surface area contributed by atoms with Crippen LogP contribution in [0, 0.1) is 0 Å². The number of hydrogen-bond donors (Lipinski definition) is 5. The largest absolute Gasteiger partial charge is 0.394 e. The zero-order valence-electron chi connectivity index (χ0n) is 25.8. The van der Waals surface area contributed by atoms with Crippen molar-refractivity contribution in [2.24, 2.45) is 0 Å². The molecule has 0 spiro atoms. The zero-order valence-corrected chi connectivity index (χ0v) is 25.8. The van der Waals surface area contributed by atoms with E-state index in [-0.39, 0.29) is 0 Å². The first-order chi connectivity index (χ1) is 19.5. The highest BCUT2D eigenvalue weighted by molar-refractivity contribution is 5.80. The fraction of sp³-hybridized carbons (Fsp3) is 0.794. The second-order valence-corrected chi connectivity index (χ2v) is 11.1. The second kappa shape index (κ2) is 29.0. The highest BCUT2D eigenvalue weighted by atomic mass is 16.3. The van der Waals surface area contributed by atoms with Crippen molar-refractivity contribution in [3.63, 3.8) is 0 Å². The Morgan fingerprint density at radius 3 is 1.73 bits per heavy atom. The molecule has 0 fully saturated rings. The van der Waals surface area contributed by atoms with Gasteiger partial charge >= 0.3 is 0 Å². The van der Waals surface area contributed by atoms with E-state index in [2.05, 4.69) is 42.6 Å². The molecule has 0 aromatic heterocycles. The van der Waals surface area contributed by atoms with Gasteiger partial charge in [-0.05, 0) is 71.1 Å². The predicted molar refractivity (Wildman–Crippen MR) is 168 cm³/mol. The molecule has 0 aromatic rings. The highest BCUT2D eigenvalue weighted by Crippen LogP contribution is 2.13. The van der Waals surface area contributed by atoms with Crippen molar-refractivity contribution in [1.82, 2.24) is 5.32 Å². The molecule has 4 unspecified atom stereocenters. The van der Waals surface area contributed by atoms with E-state index in [4.69, 9.17) is 0 Å². The van der Waals surface area contributed by atoms with Crippen molar-refractivity contribution < 1.29 is 25.2 Å². The van der Waals surface area contributed by atoms with E-state index in [1.807, 2.05) is 13.0 Å². The standard InChI is InChI=1S/C34H63NO5/c1-3-5-7-9-11-13-14-15-16-17-18-19-20-22-24-26-28-32(38)34(40)35-30(29-36)33(39)31(37)27-25-23-21-12-10-8-6-4-2/h4,6,12,15-16,21,30-33,36-39H,3,5,7-11,13-14,17-20,22-29H2,1-2H3,(H,35,40)/b6-4+,16-15-,21-12+. The third-order valence-electron chi connectivity index (χ3n) is 7.40. The van der Waals surface area contributed by atoms with Gasteiger partial charge in [0.25, 0.3) is 0 Å². The summed E-state index contributed by atoms with van der Waals surface area (Å²) in [4.78, 5) is 12.4. The molecule has 234 valence electrons. The molecule has 1 amide bonds. The smallest absolute Gasteiger partial charge is 0.249 e. The molecular weight excluding hydrogens is 502 g/mol. The molecule has 6 heteroatoms. The molecule has 0 radical (unpaired) electrons. The van der Waals surface area contributed by atoms with Crippen molar-refractivity contribution in [2.45, 2.75) is 167 Å². The molecular formula is C34H63NO5. The number of aliphatic hydroxyl groups is 4. The van der Waals surface area contributed by atoms with Crippen molar-refractivity contribution in [1.29, 1.82) is 0 Å². The van der Waals surface area contributed by atoms with Crippen molar-refractivity contribution in [2.75, 3.05) is 6.61 Å². The summed E-state index contributed by atoms with van der Waals surface area (Å²) in [6.07, 6.45) is 30.5. The number of unbranched alkanes of at least 4 members (excludes halogenated alkanes) is 14. The molecule has 40 heavy (non-hydrogen) atoms. The predicted octanol–water partition coefficient (Wildman–Crippen LogP) is 7.06. The van der Waals surface area contributed by atoms with Gasteiger partial charge < -0.3 is 25.7 Å². The highest BCUT2D eigenvalue weighted by Gasteiger charge is 2.28. The van der Waals surface area contributed by atoms with E-state index in [0.717, 1.165) is 51.4 Å². The van der Waals surface area contributed by atoms with Crippen LogP contribution in [-0.2, 0) is 4.79 Å². The van der Waals surface area contributed by atoms with Gasteiger partial charge in [0.2, 0.25) is 5.91 Å². The number of rotatable bonds is 28. The Labute approximate surface area is 246 Å². The maximum Gasteiger partial charge on any atom is 0.249 e. The summed E-state index contributed by atoms with van der Waals surface area (Å²) in [6.45, 7) is 3.75. The van der Waals surface area contributed by atoms with Gasteiger partial charge in [0.05, 0.1) is 18.8 Å². The molecule has 5 N–H and O–H groups in total. The van der Waals surface area contributed by atoms with Gasteiger partial charge in [0.1, 0.15) is 12.2 Å². The summed E-state index contributed by atoms with van der Waals surface area (Å²) in [5.74, 6) is -0.609. The Balaban J connectivity index is 3.88. The van der Waals surface area contributed by atoms with Gasteiger partial charge in [-0.3, -0.25) is 4.79 Å². The minimum Gasteiger partial charge on any atom is -0.394 e. The van der Waals surface area contributed by atoms with Crippen LogP contribution in [-0.4, -0.2) is 57.3 Å². The average Bonchev–Trinajstić information content (AvgIpc) is 2.96. The summed E-state index contributed by atoms with van der Waals surface area (Å²) < 4.78 is 0. The number of nitrogens with one attached hydrogen (secondary N) is 1. The third-order valence-corrected chi connectivity index (χ3v) is 7.40. The Morgan fingerprint density at radius 1 is 0.650 bits per heavy atom. The first kappa shape index (κ1) is 38.5. The average molecular weight is 566 g/mol. The molecule has 0 aliphatic heterocycles. The molecule has 0 heterocycles. The zero-order chi connectivity index (χ0) is 29.7. The first-order valence-corrected chi connectivity index (χ1v) is 16.3. The van der Waals surface area contributed by atoms with E-state index >= 15 is 0 Å². The van der Waals surface area contributed by atoms with Gasteiger partial charge in [0, 0.05) is 0 Å². The molecule has 0 rings (SSSR count). The van der Waals surface area contributed by atoms with Gasteiger partial charge in [-0.25, -0.2) is 0 Å². The van der Waals surface area contributed by atoms with Crippen LogP contribution in [0.25, 0.3) is 0 Å². The van der Waals surface area contributed by atoms with Gasteiger partial charge in [-0.15, -0.1) is 0 Å². The Bertz CT molecular complexity index is 648. The van der Waals surface area contributed by atoms with Crippen LogP contribution in [0.5, 0.6) is 0 Å². The topological polar surface area (TPSA) is 110 Å². The second-order valence-electron chi connectivity index (χ2n) is 11.1. The molecule has 0 aromatic carbocycles. The fourth-order valence-corrected chi connectivity index (χ4v) is 4.71. The quantitative estimate of drug-likeness (QED) is 0.0515. The summed E-state index contributed by atoms with van der Waals surface area (Å²) in [5, 5.41) is 43.0. The minimum absolute atomic E-state index is 0.351. The van der Waals surface area contributed by atoms with Gasteiger partial charge in [-0.1, -0.05) is 108 Å². The number of allylic oxidation sites excluding steroid dienone is 6. The molecule has 0 bridgehead atoms. The van der Waals surface area contributed by atoms with Crippen molar-refractivity contribution >= 4 is 5.91 Å². The van der Waals surface area contributed by atoms with E-state index in [0.29, 0.717) is 19.3 Å². The molecule has 0 saturated carbocycles. The Hall–Kier alpha value is -1.47. The van der Waals surface area contributed by atoms with Crippen LogP contribution in [0.3, 0.4) is 0 Å². The summed E-state index contributed by atoms with van der Waals surface area (Å²) >= 11 is 0. The lowest BCUT2D eigenvalue weighted by Crippen LogP contribution is -2.53. The maximum atomic E-state index is 12.4. The van der Waals surface area contributed by atoms with Crippen LogP contribution < -0.4 is 5.32 Å². The first-order valence-electron chi connectivity index (χ1n) is 16.3. The Morgan fingerprint density at radius 2 is 1.15 bits per heavy atom.